The van der Waals surface area contributed by atoms with Gasteiger partial charge in [-0.05, 0) is 85.0 Å². The van der Waals surface area contributed by atoms with Crippen LogP contribution in [0.3, 0.4) is 0 Å². The number of fused-ring (bicyclic) bond motifs is 1. The molecule has 0 saturated carbocycles. The summed E-state index contributed by atoms with van der Waals surface area (Å²) in [5.74, 6) is 0.101. The quantitative estimate of drug-likeness (QED) is 0.537. The minimum absolute atomic E-state index is 0.101. The van der Waals surface area contributed by atoms with Crippen molar-refractivity contribution in [2.45, 2.75) is 58.9 Å². The third-order valence-corrected chi connectivity index (χ3v) is 6.12. The molecule has 3 nitrogen and oxygen atoms in total. The first kappa shape index (κ1) is 20.4. The van der Waals surface area contributed by atoms with Crippen molar-refractivity contribution >= 4 is 11.6 Å². The minimum atomic E-state index is -0.249. The van der Waals surface area contributed by atoms with Crippen LogP contribution in [0.4, 0.5) is 10.1 Å². The van der Waals surface area contributed by atoms with Gasteiger partial charge < -0.3 is 9.88 Å². The molecule has 156 valence electrons. The van der Waals surface area contributed by atoms with E-state index in [2.05, 4.69) is 35.9 Å². The molecule has 1 aromatic heterocycles. The highest BCUT2D eigenvalue weighted by molar-refractivity contribution is 6.04. The predicted molar refractivity (Wildman–Crippen MR) is 120 cm³/mol. The second-order valence-corrected chi connectivity index (χ2v) is 8.55. The van der Waals surface area contributed by atoms with Crippen LogP contribution in [0.5, 0.6) is 0 Å². The van der Waals surface area contributed by atoms with Crippen LogP contribution in [0.25, 0.3) is 0 Å². The van der Waals surface area contributed by atoms with Crippen LogP contribution in [0, 0.1) is 12.7 Å². The lowest BCUT2D eigenvalue weighted by Crippen LogP contribution is -2.20. The van der Waals surface area contributed by atoms with Crippen molar-refractivity contribution in [1.29, 1.82) is 0 Å². The first-order valence-corrected chi connectivity index (χ1v) is 10.8. The maximum Gasteiger partial charge on any atom is 0.272 e. The fraction of sp³-hybridized carbons (Fsp3) is 0.346. The Morgan fingerprint density at radius 2 is 1.83 bits per heavy atom. The Hall–Kier alpha value is -2.88. The molecule has 4 rings (SSSR count). The summed E-state index contributed by atoms with van der Waals surface area (Å²) in [6.45, 7) is 6.85. The number of carbonyl (C=O) groups excluding carboxylic acids is 1. The average Bonchev–Trinajstić information content (AvgIpc) is 3.00. The Labute approximate surface area is 177 Å². The second-order valence-electron chi connectivity index (χ2n) is 8.55. The maximum absolute atomic E-state index is 13.8. The van der Waals surface area contributed by atoms with E-state index in [9.17, 15) is 9.18 Å². The number of aromatic nitrogens is 1. The average molecular weight is 405 g/mol. The third-order valence-electron chi connectivity index (χ3n) is 6.12. The summed E-state index contributed by atoms with van der Waals surface area (Å²) in [4.78, 5) is 13.3. The number of halogens is 1. The highest BCUT2D eigenvalue weighted by Gasteiger charge is 2.26. The van der Waals surface area contributed by atoms with E-state index in [0.29, 0.717) is 18.2 Å². The van der Waals surface area contributed by atoms with Gasteiger partial charge in [-0.3, -0.25) is 4.79 Å². The number of anilines is 1. The smallest absolute Gasteiger partial charge is 0.272 e. The van der Waals surface area contributed by atoms with Crippen LogP contribution >= 0.6 is 0 Å². The zero-order chi connectivity index (χ0) is 21.3. The van der Waals surface area contributed by atoms with Crippen molar-refractivity contribution in [2.24, 2.45) is 0 Å². The van der Waals surface area contributed by atoms with Gasteiger partial charge in [-0.2, -0.15) is 0 Å². The number of nitrogens with one attached hydrogen (secondary N) is 1. The van der Waals surface area contributed by atoms with Crippen molar-refractivity contribution in [2.75, 3.05) is 5.32 Å². The van der Waals surface area contributed by atoms with Gasteiger partial charge in [0, 0.05) is 17.9 Å². The molecule has 0 unspecified atom stereocenters. The number of hydrogen-bond donors (Lipinski definition) is 1. The van der Waals surface area contributed by atoms with E-state index in [1.165, 1.54) is 22.9 Å². The van der Waals surface area contributed by atoms with Crippen LogP contribution in [0.1, 0.15) is 71.0 Å². The van der Waals surface area contributed by atoms with E-state index >= 15 is 0 Å². The van der Waals surface area contributed by atoms with Crippen molar-refractivity contribution in [3.05, 3.63) is 88.0 Å². The molecule has 0 aliphatic heterocycles. The van der Waals surface area contributed by atoms with Gasteiger partial charge in [-0.1, -0.05) is 38.1 Å². The lowest BCUT2D eigenvalue weighted by Gasteiger charge is -2.17. The van der Waals surface area contributed by atoms with E-state index in [0.717, 1.165) is 42.5 Å². The number of nitrogens with zero attached hydrogens (tertiary/aromatic N) is 1. The molecule has 1 heterocycles. The molecule has 4 heteroatoms. The van der Waals surface area contributed by atoms with E-state index in [1.54, 1.807) is 12.1 Å². The van der Waals surface area contributed by atoms with Gasteiger partial charge >= 0.3 is 0 Å². The molecule has 0 saturated heterocycles. The zero-order valence-electron chi connectivity index (χ0n) is 18.0. The number of rotatable bonds is 5. The molecule has 0 atom stereocenters. The molecule has 1 N–H and O–H groups in total. The predicted octanol–water partition coefficient (Wildman–Crippen LogP) is 6.24. The molecule has 1 aliphatic carbocycles. The summed E-state index contributed by atoms with van der Waals surface area (Å²) in [5, 5.41) is 3.08. The van der Waals surface area contributed by atoms with Gasteiger partial charge in [-0.25, -0.2) is 4.39 Å². The van der Waals surface area contributed by atoms with Gasteiger partial charge in [0.25, 0.3) is 5.91 Å². The number of amides is 1. The first-order valence-electron chi connectivity index (χ1n) is 10.8. The van der Waals surface area contributed by atoms with Crippen LogP contribution in [-0.4, -0.2) is 10.5 Å². The summed E-state index contributed by atoms with van der Waals surface area (Å²) < 4.78 is 15.9. The zero-order valence-corrected chi connectivity index (χ0v) is 18.0. The van der Waals surface area contributed by atoms with Crippen LogP contribution in [0.15, 0.2) is 48.5 Å². The Morgan fingerprint density at radius 1 is 1.10 bits per heavy atom. The molecule has 0 spiro atoms. The number of carbonyl (C=O) groups is 1. The SMILES string of the molecule is Cc1c2c(n(Cc3cccc(F)c3)c1C(=O)Nc1ccc(C(C)C)cc1)CCCC2. The third kappa shape index (κ3) is 4.04. The lowest BCUT2D eigenvalue weighted by molar-refractivity contribution is 0.101. The molecule has 0 bridgehead atoms. The molecule has 0 fully saturated rings. The van der Waals surface area contributed by atoms with E-state index in [-0.39, 0.29) is 11.7 Å². The highest BCUT2D eigenvalue weighted by Crippen LogP contribution is 2.31. The van der Waals surface area contributed by atoms with Crippen molar-refractivity contribution in [3.63, 3.8) is 0 Å². The van der Waals surface area contributed by atoms with Crippen molar-refractivity contribution in [1.82, 2.24) is 4.57 Å². The monoisotopic (exact) mass is 404 g/mol. The topological polar surface area (TPSA) is 34.0 Å². The van der Waals surface area contributed by atoms with Gasteiger partial charge in [-0.15, -0.1) is 0 Å². The van der Waals surface area contributed by atoms with Gasteiger partial charge in [0.15, 0.2) is 0 Å². The highest BCUT2D eigenvalue weighted by atomic mass is 19.1. The van der Waals surface area contributed by atoms with Gasteiger partial charge in [0.1, 0.15) is 11.5 Å². The number of hydrogen-bond acceptors (Lipinski definition) is 1. The Balaban J connectivity index is 1.69. The largest absolute Gasteiger partial charge is 0.336 e. The fourth-order valence-corrected chi connectivity index (χ4v) is 4.50. The molecule has 1 amide bonds. The number of benzene rings is 2. The summed E-state index contributed by atoms with van der Waals surface area (Å²) in [7, 11) is 0. The van der Waals surface area contributed by atoms with Crippen LogP contribution in [0.2, 0.25) is 0 Å². The standard InChI is InChI=1S/C26H29FN2O/c1-17(2)20-11-13-22(14-12-20)28-26(30)25-18(3)23-9-4-5-10-24(23)29(25)16-19-7-6-8-21(27)15-19/h6-8,11-15,17H,4-5,9-10,16H2,1-3H3,(H,28,30). The van der Waals surface area contributed by atoms with E-state index in [4.69, 9.17) is 0 Å². The van der Waals surface area contributed by atoms with Crippen molar-refractivity contribution in [3.8, 4) is 0 Å². The molecule has 0 radical (unpaired) electrons. The van der Waals surface area contributed by atoms with Crippen LogP contribution < -0.4 is 5.32 Å². The molecular weight excluding hydrogens is 375 g/mol. The van der Waals surface area contributed by atoms with Crippen molar-refractivity contribution < 1.29 is 9.18 Å². The summed E-state index contributed by atoms with van der Waals surface area (Å²) in [6, 6.07) is 14.7. The second kappa shape index (κ2) is 8.47. The molecule has 2 aromatic carbocycles. The van der Waals surface area contributed by atoms with Gasteiger partial charge in [0.2, 0.25) is 0 Å². The molecule has 1 aliphatic rings. The Morgan fingerprint density at radius 3 is 2.53 bits per heavy atom. The van der Waals surface area contributed by atoms with E-state index in [1.807, 2.05) is 25.1 Å². The first-order chi connectivity index (χ1) is 14.4. The van der Waals surface area contributed by atoms with Crippen LogP contribution in [-0.2, 0) is 19.4 Å². The Kier molecular flexibility index (Phi) is 5.76. The minimum Gasteiger partial charge on any atom is -0.336 e. The summed E-state index contributed by atoms with van der Waals surface area (Å²) in [6.07, 6.45) is 4.23. The molecule has 30 heavy (non-hydrogen) atoms. The molecular formula is C26H29FN2O. The fourth-order valence-electron chi connectivity index (χ4n) is 4.50. The normalized spacial score (nSPS) is 13.4. The van der Waals surface area contributed by atoms with Gasteiger partial charge in [0.05, 0.1) is 0 Å². The summed E-state index contributed by atoms with van der Waals surface area (Å²) >= 11 is 0. The maximum atomic E-state index is 13.8. The molecule has 3 aromatic rings. The Bertz CT molecular complexity index is 1060. The summed E-state index contributed by atoms with van der Waals surface area (Å²) in [5.41, 5.74) is 7.17. The van der Waals surface area contributed by atoms with E-state index < -0.39 is 0 Å². The lowest BCUT2D eigenvalue weighted by atomic mass is 9.95.